The molecular weight excluding hydrogens is 380 g/mol. The van der Waals surface area contributed by atoms with Crippen LogP contribution in [-0.2, 0) is 21.2 Å². The summed E-state index contributed by atoms with van der Waals surface area (Å²) in [6.07, 6.45) is 3.90. The molecule has 0 bridgehead atoms. The largest absolute Gasteiger partial charge is 0.454 e. The maximum absolute atomic E-state index is 12.7. The molecule has 0 radical (unpaired) electrons. The summed E-state index contributed by atoms with van der Waals surface area (Å²) >= 11 is 0. The predicted octanol–water partition coefficient (Wildman–Crippen LogP) is 2.38. The first-order valence-corrected chi connectivity index (χ1v) is 11.0. The molecule has 0 aromatic heterocycles. The Kier molecular flexibility index (Phi) is 4.89. The Labute approximate surface area is 164 Å². The maximum atomic E-state index is 12.7. The van der Waals surface area contributed by atoms with Gasteiger partial charge in [-0.05, 0) is 42.5 Å². The smallest absolute Gasteiger partial charge is 0.241 e. The lowest BCUT2D eigenvalue weighted by Crippen LogP contribution is -2.42. The van der Waals surface area contributed by atoms with Gasteiger partial charge in [-0.2, -0.15) is 0 Å². The van der Waals surface area contributed by atoms with Crippen molar-refractivity contribution in [1.82, 2.24) is 5.32 Å². The van der Waals surface area contributed by atoms with Crippen LogP contribution in [-0.4, -0.2) is 33.9 Å². The fourth-order valence-electron chi connectivity index (χ4n) is 3.71. The number of ether oxygens (including phenoxy) is 2. The average molecular weight is 402 g/mol. The van der Waals surface area contributed by atoms with E-state index in [-0.39, 0.29) is 25.3 Å². The standard InChI is InChI=1S/C20H22N2O5S/c1-28(24,25)22(15-9-10-18-19(11-15)27-13-26-18)12-20(23)21-17-8-4-6-14-5-2-3-7-16(14)17/h2-3,5,7,9-11,17H,4,6,8,12-13H2,1H3,(H,21,23)/t17-/m0/s1. The molecule has 4 rings (SSSR count). The van der Waals surface area contributed by atoms with Crippen LogP contribution >= 0.6 is 0 Å². The number of benzene rings is 2. The SMILES string of the molecule is CS(=O)(=O)N(CC(=O)N[C@H]1CCCc2ccccc21)c1ccc2c(c1)OCO2. The van der Waals surface area contributed by atoms with Crippen molar-refractivity contribution in [2.45, 2.75) is 25.3 Å². The van der Waals surface area contributed by atoms with E-state index in [9.17, 15) is 13.2 Å². The molecule has 1 amide bonds. The normalized spacial score (nSPS) is 17.7. The van der Waals surface area contributed by atoms with Gasteiger partial charge in [0.15, 0.2) is 11.5 Å². The van der Waals surface area contributed by atoms with E-state index in [2.05, 4.69) is 11.4 Å². The van der Waals surface area contributed by atoms with Crippen molar-refractivity contribution in [3.63, 3.8) is 0 Å². The molecule has 1 heterocycles. The van der Waals surface area contributed by atoms with E-state index in [0.29, 0.717) is 17.2 Å². The molecule has 28 heavy (non-hydrogen) atoms. The van der Waals surface area contributed by atoms with Crippen molar-refractivity contribution in [2.24, 2.45) is 0 Å². The summed E-state index contributed by atoms with van der Waals surface area (Å²) in [6, 6.07) is 12.8. The molecule has 7 nitrogen and oxygen atoms in total. The monoisotopic (exact) mass is 402 g/mol. The van der Waals surface area contributed by atoms with E-state index < -0.39 is 10.0 Å². The van der Waals surface area contributed by atoms with Gasteiger partial charge in [0.25, 0.3) is 0 Å². The van der Waals surface area contributed by atoms with Gasteiger partial charge in [-0.15, -0.1) is 0 Å². The van der Waals surface area contributed by atoms with Crippen LogP contribution in [0.15, 0.2) is 42.5 Å². The molecule has 8 heteroatoms. The highest BCUT2D eigenvalue weighted by atomic mass is 32.2. The molecule has 2 aliphatic rings. The molecule has 1 aliphatic heterocycles. The van der Waals surface area contributed by atoms with Crippen molar-refractivity contribution in [3.8, 4) is 11.5 Å². The van der Waals surface area contributed by atoms with Crippen LogP contribution in [0, 0.1) is 0 Å². The Morgan fingerprint density at radius 1 is 1.18 bits per heavy atom. The highest BCUT2D eigenvalue weighted by Crippen LogP contribution is 2.36. The van der Waals surface area contributed by atoms with E-state index >= 15 is 0 Å². The first kappa shape index (κ1) is 18.6. The molecule has 148 valence electrons. The lowest BCUT2D eigenvalue weighted by atomic mass is 9.88. The van der Waals surface area contributed by atoms with Crippen LogP contribution in [0.3, 0.4) is 0 Å². The lowest BCUT2D eigenvalue weighted by Gasteiger charge is -2.28. The second-order valence-electron chi connectivity index (χ2n) is 7.02. The first-order valence-electron chi connectivity index (χ1n) is 9.16. The van der Waals surface area contributed by atoms with Crippen LogP contribution in [0.25, 0.3) is 0 Å². The minimum absolute atomic E-state index is 0.0965. The highest BCUT2D eigenvalue weighted by Gasteiger charge is 2.26. The molecule has 1 N–H and O–H groups in total. The number of rotatable bonds is 5. The number of amides is 1. The fraction of sp³-hybridized carbons (Fsp3) is 0.350. The first-order chi connectivity index (χ1) is 13.4. The van der Waals surface area contributed by atoms with Gasteiger partial charge in [0.05, 0.1) is 18.0 Å². The summed E-state index contributed by atoms with van der Waals surface area (Å²) in [5.74, 6) is 0.679. The van der Waals surface area contributed by atoms with Gasteiger partial charge in [-0.25, -0.2) is 8.42 Å². The lowest BCUT2D eigenvalue weighted by molar-refractivity contribution is -0.120. The minimum atomic E-state index is -3.66. The molecule has 0 spiro atoms. The van der Waals surface area contributed by atoms with Gasteiger partial charge < -0.3 is 14.8 Å². The third-order valence-corrected chi connectivity index (χ3v) is 6.18. The number of sulfonamides is 1. The summed E-state index contributed by atoms with van der Waals surface area (Å²) in [7, 11) is -3.66. The Hall–Kier alpha value is -2.74. The average Bonchev–Trinajstić information content (AvgIpc) is 3.13. The molecule has 0 fully saturated rings. The summed E-state index contributed by atoms with van der Waals surface area (Å²) in [6.45, 7) is -0.198. The van der Waals surface area contributed by atoms with Crippen molar-refractivity contribution in [2.75, 3.05) is 23.9 Å². The number of carbonyl (C=O) groups excluding carboxylic acids is 1. The Bertz CT molecular complexity index is 1010. The summed E-state index contributed by atoms with van der Waals surface area (Å²) in [4.78, 5) is 12.7. The minimum Gasteiger partial charge on any atom is -0.454 e. The van der Waals surface area contributed by atoms with E-state index in [0.717, 1.165) is 35.4 Å². The quantitative estimate of drug-likeness (QED) is 0.830. The molecular formula is C20H22N2O5S. The van der Waals surface area contributed by atoms with Crippen molar-refractivity contribution in [3.05, 3.63) is 53.6 Å². The number of aryl methyl sites for hydroxylation is 1. The molecule has 1 aliphatic carbocycles. The maximum Gasteiger partial charge on any atom is 0.241 e. The number of fused-ring (bicyclic) bond motifs is 2. The molecule has 0 saturated carbocycles. The third kappa shape index (κ3) is 3.77. The van der Waals surface area contributed by atoms with Gasteiger partial charge in [0.2, 0.25) is 22.7 Å². The number of nitrogens with one attached hydrogen (secondary N) is 1. The molecule has 1 atom stereocenters. The number of nitrogens with zero attached hydrogens (tertiary/aromatic N) is 1. The van der Waals surface area contributed by atoms with Crippen molar-refractivity contribution < 1.29 is 22.7 Å². The van der Waals surface area contributed by atoms with Gasteiger partial charge in [-0.1, -0.05) is 24.3 Å². The van der Waals surface area contributed by atoms with Crippen molar-refractivity contribution in [1.29, 1.82) is 0 Å². The Morgan fingerprint density at radius 3 is 2.79 bits per heavy atom. The molecule has 2 aromatic carbocycles. The summed E-state index contributed by atoms with van der Waals surface area (Å²) in [5.41, 5.74) is 2.71. The van der Waals surface area contributed by atoms with Crippen molar-refractivity contribution >= 4 is 21.6 Å². The highest BCUT2D eigenvalue weighted by molar-refractivity contribution is 7.92. The summed E-state index contributed by atoms with van der Waals surface area (Å²) in [5, 5.41) is 3.00. The number of anilines is 1. The van der Waals surface area contributed by atoms with Crippen LogP contribution in [0.4, 0.5) is 5.69 Å². The van der Waals surface area contributed by atoms with Gasteiger partial charge in [-0.3, -0.25) is 9.10 Å². The Morgan fingerprint density at radius 2 is 1.96 bits per heavy atom. The Balaban J connectivity index is 1.53. The fourth-order valence-corrected chi connectivity index (χ4v) is 4.56. The van der Waals surface area contributed by atoms with E-state index in [4.69, 9.17) is 9.47 Å². The number of hydrogen-bond acceptors (Lipinski definition) is 5. The zero-order valence-corrected chi connectivity index (χ0v) is 16.4. The molecule has 0 unspecified atom stereocenters. The third-order valence-electron chi connectivity index (χ3n) is 5.04. The van der Waals surface area contributed by atoms with Crippen LogP contribution in [0.5, 0.6) is 11.5 Å². The number of carbonyl (C=O) groups is 1. The van der Waals surface area contributed by atoms with Gasteiger partial charge >= 0.3 is 0 Å². The topological polar surface area (TPSA) is 84.9 Å². The second kappa shape index (κ2) is 7.35. The zero-order chi connectivity index (χ0) is 19.7. The number of hydrogen-bond donors (Lipinski definition) is 1. The van der Waals surface area contributed by atoms with E-state index in [1.54, 1.807) is 18.2 Å². The van der Waals surface area contributed by atoms with E-state index in [1.165, 1.54) is 5.56 Å². The predicted molar refractivity (Wildman–Crippen MR) is 105 cm³/mol. The van der Waals surface area contributed by atoms with Crippen LogP contribution in [0.2, 0.25) is 0 Å². The van der Waals surface area contributed by atoms with Gasteiger partial charge in [0, 0.05) is 6.07 Å². The van der Waals surface area contributed by atoms with Crippen LogP contribution < -0.4 is 19.1 Å². The second-order valence-corrected chi connectivity index (χ2v) is 8.93. The molecule has 0 saturated heterocycles. The van der Waals surface area contributed by atoms with Gasteiger partial charge in [0.1, 0.15) is 6.54 Å². The zero-order valence-electron chi connectivity index (χ0n) is 15.6. The van der Waals surface area contributed by atoms with E-state index in [1.807, 2.05) is 18.2 Å². The van der Waals surface area contributed by atoms with Crippen LogP contribution in [0.1, 0.15) is 30.0 Å². The molecule has 2 aromatic rings. The summed E-state index contributed by atoms with van der Waals surface area (Å²) < 4.78 is 36.3.